The molecule has 0 unspecified atom stereocenters. The minimum Gasteiger partial charge on any atom is -0.481 e. The Morgan fingerprint density at radius 3 is 2.36 bits per heavy atom. The van der Waals surface area contributed by atoms with Crippen LogP contribution in [0, 0.1) is 11.3 Å². The van der Waals surface area contributed by atoms with Crippen molar-refractivity contribution in [1.82, 2.24) is 24.4 Å². The van der Waals surface area contributed by atoms with E-state index in [0.29, 0.717) is 33.7 Å². The molecule has 14 heteroatoms. The molecule has 0 bridgehead atoms. The summed E-state index contributed by atoms with van der Waals surface area (Å²) in [6, 6.07) is 6.79. The van der Waals surface area contributed by atoms with Crippen molar-refractivity contribution in [1.29, 1.82) is 5.41 Å². The van der Waals surface area contributed by atoms with Crippen LogP contribution in [-0.4, -0.2) is 55.8 Å². The molecule has 3 aromatic rings. The highest BCUT2D eigenvalue weighted by atomic mass is 19.4. The van der Waals surface area contributed by atoms with E-state index in [1.165, 1.54) is 23.6 Å². The van der Waals surface area contributed by atoms with Crippen LogP contribution in [0.1, 0.15) is 62.0 Å². The van der Waals surface area contributed by atoms with Crippen molar-refractivity contribution >= 4 is 24.3 Å². The van der Waals surface area contributed by atoms with E-state index >= 15 is 0 Å². The van der Waals surface area contributed by atoms with E-state index in [-0.39, 0.29) is 49.0 Å². The Bertz CT molecular complexity index is 1670. The summed E-state index contributed by atoms with van der Waals surface area (Å²) in [5.74, 6) is 0.497. The van der Waals surface area contributed by atoms with Gasteiger partial charge in [0.15, 0.2) is 11.5 Å². The molecule has 11 nitrogen and oxygen atoms in total. The molecule has 2 aliphatic rings. The van der Waals surface area contributed by atoms with Crippen molar-refractivity contribution < 1.29 is 32.2 Å². The van der Waals surface area contributed by atoms with Gasteiger partial charge in [-0.15, -0.1) is 0 Å². The van der Waals surface area contributed by atoms with Crippen LogP contribution in [0.3, 0.4) is 0 Å². The predicted molar refractivity (Wildman–Crippen MR) is 159 cm³/mol. The fourth-order valence-electron chi connectivity index (χ4n) is 4.89. The van der Waals surface area contributed by atoms with Crippen molar-refractivity contribution in [2.45, 2.75) is 65.1 Å². The maximum atomic E-state index is 13.1. The maximum absolute atomic E-state index is 13.1. The zero-order valence-corrected chi connectivity index (χ0v) is 25.7. The number of alkyl halides is 3. The molecule has 0 saturated heterocycles. The number of aromatic nitrogens is 4. The molecule has 1 aliphatic heterocycles. The molecule has 1 amide bonds. The molecule has 3 heterocycles. The monoisotopic (exact) mass is 625 g/mol. The van der Waals surface area contributed by atoms with Gasteiger partial charge in [0, 0.05) is 24.7 Å². The normalized spacial score (nSPS) is 15.3. The molecule has 0 atom stereocenters. The smallest absolute Gasteiger partial charge is 0.434 e. The van der Waals surface area contributed by atoms with Crippen LogP contribution < -0.4 is 4.74 Å². The van der Waals surface area contributed by atoms with Gasteiger partial charge in [-0.3, -0.25) is 15.3 Å². The Balaban J connectivity index is 1.46. The Kier molecular flexibility index (Phi) is 8.43. The topological polar surface area (TPSA) is 128 Å². The van der Waals surface area contributed by atoms with Gasteiger partial charge in [0.1, 0.15) is 23.6 Å². The van der Waals surface area contributed by atoms with Crippen LogP contribution in [0.4, 0.5) is 18.0 Å². The molecule has 1 aromatic carbocycles. The van der Waals surface area contributed by atoms with Crippen LogP contribution >= 0.6 is 0 Å². The summed E-state index contributed by atoms with van der Waals surface area (Å²) in [6.45, 7) is 9.39. The number of benzene rings is 1. The van der Waals surface area contributed by atoms with E-state index in [4.69, 9.17) is 24.6 Å². The first-order valence-electron chi connectivity index (χ1n) is 14.2. The number of halogens is 3. The number of imidazole rings is 1. The molecule has 1 fully saturated rings. The molecule has 0 spiro atoms. The first kappa shape index (κ1) is 31.7. The van der Waals surface area contributed by atoms with Crippen LogP contribution in [0.25, 0.3) is 17.0 Å². The third-order valence-corrected chi connectivity index (χ3v) is 7.20. The number of fused-ring (bicyclic) bond motifs is 1. The van der Waals surface area contributed by atoms with Crippen molar-refractivity contribution in [3.8, 4) is 17.3 Å². The fraction of sp³-hybridized carbons (Fsp3) is 0.419. The minimum atomic E-state index is -4.54. The number of carbonyl (C=O) groups excluding carboxylic acids is 1. The number of amides is 1. The summed E-state index contributed by atoms with van der Waals surface area (Å²) in [7, 11) is 2.88. The van der Waals surface area contributed by atoms with Crippen molar-refractivity contribution in [3.63, 3.8) is 0 Å². The molecule has 45 heavy (non-hydrogen) atoms. The lowest BCUT2D eigenvalue weighted by Gasteiger charge is -2.23. The van der Waals surface area contributed by atoms with Gasteiger partial charge in [-0.1, -0.05) is 24.3 Å². The molecule has 1 saturated carbocycles. The number of rotatable bonds is 8. The molecule has 1 aliphatic carbocycles. The second-order valence-corrected chi connectivity index (χ2v) is 11.9. The Morgan fingerprint density at radius 2 is 1.80 bits per heavy atom. The van der Waals surface area contributed by atoms with E-state index < -0.39 is 23.6 Å². The highest BCUT2D eigenvalue weighted by Gasteiger charge is 2.36. The summed E-state index contributed by atoms with van der Waals surface area (Å²) in [6.07, 6.45) is -2.33. The Morgan fingerprint density at radius 1 is 1.11 bits per heavy atom. The van der Waals surface area contributed by atoms with Gasteiger partial charge >= 0.3 is 12.3 Å². The average Bonchev–Trinajstić information content (AvgIpc) is 3.58. The van der Waals surface area contributed by atoms with E-state index in [2.05, 4.69) is 21.7 Å². The minimum absolute atomic E-state index is 0.0555. The molecule has 2 aromatic heterocycles. The van der Waals surface area contributed by atoms with E-state index in [1.54, 1.807) is 45.0 Å². The van der Waals surface area contributed by atoms with Gasteiger partial charge in [-0.2, -0.15) is 18.2 Å². The number of aliphatic imine (C=N–C) groups is 1. The van der Waals surface area contributed by atoms with E-state index in [0.717, 1.165) is 19.0 Å². The van der Waals surface area contributed by atoms with E-state index in [9.17, 15) is 18.0 Å². The third kappa shape index (κ3) is 6.99. The quantitative estimate of drug-likeness (QED) is 0.234. The Labute approximate surface area is 258 Å². The average molecular weight is 626 g/mol. The van der Waals surface area contributed by atoms with Gasteiger partial charge in [0.25, 0.3) is 0 Å². The van der Waals surface area contributed by atoms with Gasteiger partial charge < -0.3 is 18.8 Å². The first-order valence-corrected chi connectivity index (χ1v) is 14.2. The summed E-state index contributed by atoms with van der Waals surface area (Å²) in [4.78, 5) is 31.8. The number of hydrogen-bond donors (Lipinski definition) is 1. The summed E-state index contributed by atoms with van der Waals surface area (Å²) >= 11 is 0. The van der Waals surface area contributed by atoms with Crippen LogP contribution in [0.2, 0.25) is 0 Å². The molecule has 5 rings (SSSR count). The lowest BCUT2D eigenvalue weighted by molar-refractivity contribution is -0.140. The van der Waals surface area contributed by atoms with Crippen LogP contribution in [-0.2, 0) is 42.4 Å². The van der Waals surface area contributed by atoms with Gasteiger partial charge in [-0.25, -0.2) is 14.8 Å². The van der Waals surface area contributed by atoms with Gasteiger partial charge in [0.05, 0.1) is 37.2 Å². The number of aryl methyl sites for hydroxylation is 1. The van der Waals surface area contributed by atoms with Gasteiger partial charge in [0.2, 0.25) is 11.8 Å². The molecule has 238 valence electrons. The second kappa shape index (κ2) is 12.0. The van der Waals surface area contributed by atoms with Gasteiger partial charge in [-0.05, 0) is 45.9 Å². The van der Waals surface area contributed by atoms with E-state index in [1.807, 2.05) is 0 Å². The first-order chi connectivity index (χ1) is 21.2. The van der Waals surface area contributed by atoms with Crippen LogP contribution in [0.5, 0.6) is 5.88 Å². The number of allylic oxidation sites excluding steroid dienone is 1. The molecular weight excluding hydrogens is 591 g/mol. The lowest BCUT2D eigenvalue weighted by Crippen LogP contribution is -2.33. The molecule has 1 N–H and O–H groups in total. The largest absolute Gasteiger partial charge is 0.481 e. The maximum Gasteiger partial charge on any atom is 0.434 e. The highest BCUT2D eigenvalue weighted by molar-refractivity contribution is 6.18. The lowest BCUT2D eigenvalue weighted by atomic mass is 10.1. The fourth-order valence-corrected chi connectivity index (χ4v) is 4.89. The zero-order valence-electron chi connectivity index (χ0n) is 25.7. The summed E-state index contributed by atoms with van der Waals surface area (Å²) in [5, 5.41) is 8.50. The number of ether oxygens (including phenoxy) is 3. The Hall–Kier alpha value is -4.75. The second-order valence-electron chi connectivity index (χ2n) is 11.9. The summed E-state index contributed by atoms with van der Waals surface area (Å²) < 4.78 is 57.8. The third-order valence-electron chi connectivity index (χ3n) is 7.20. The predicted octanol–water partition coefficient (Wildman–Crippen LogP) is 6.17. The van der Waals surface area contributed by atoms with Crippen molar-refractivity contribution in [3.05, 3.63) is 64.5 Å². The van der Waals surface area contributed by atoms with Crippen molar-refractivity contribution in [2.24, 2.45) is 18.0 Å². The number of nitrogens with zero attached hydrogens (tertiary/aromatic N) is 6. The number of hydrogen-bond acceptors (Lipinski definition) is 9. The van der Waals surface area contributed by atoms with Crippen LogP contribution in [0.15, 0.2) is 41.2 Å². The zero-order chi connectivity index (χ0) is 32.7. The molecule has 0 radical (unpaired) electrons. The molecular formula is C31H34F3N7O4. The standard InChI is InChI=1S/C31H34F3N7O4/c1-30(2,3)45-29(42)41-13-20-21(14-41)37-26(23(25(35)43-6)24(36-4)18-11-12-18)39-28(20)44-16-17-7-9-19(10-8-17)27-38-22(15-40(27)5)31(32,33)34/h7-10,15,18,35H,4,11-14,16H2,1-3,5-6H3/b24-23+,35-25?. The highest BCUT2D eigenvalue weighted by Crippen LogP contribution is 2.41. The SMILES string of the molecule is C=N/C(=C(\C(=N)OC)c1nc2c(c(OCc3ccc(-c4nc(C(F)(F)F)cn4C)cc3)n1)CN(C(=O)OC(C)(C)C)C2)C1CC1. The van der Waals surface area contributed by atoms with Crippen molar-refractivity contribution in [2.75, 3.05) is 7.11 Å². The number of carbonyl (C=O) groups is 1. The number of nitrogens with one attached hydrogen (secondary N) is 1. The summed E-state index contributed by atoms with van der Waals surface area (Å²) in [5.41, 5.74) is 1.55. The number of methoxy groups -OCH3 is 1.